The highest BCUT2D eigenvalue weighted by atomic mass is 32.2. The number of nitrogens with zero attached hydrogens (tertiary/aromatic N) is 1. The molecule has 104 valence electrons. The highest BCUT2D eigenvalue weighted by molar-refractivity contribution is 7.90. The second-order valence-corrected chi connectivity index (χ2v) is 6.53. The molecule has 0 saturated heterocycles. The summed E-state index contributed by atoms with van der Waals surface area (Å²) in [6.45, 7) is 3.70. The van der Waals surface area contributed by atoms with E-state index < -0.39 is 15.7 Å². The first kappa shape index (κ1) is 13.7. The van der Waals surface area contributed by atoms with Crippen molar-refractivity contribution in [3.05, 3.63) is 28.2 Å². The van der Waals surface area contributed by atoms with Gasteiger partial charge >= 0.3 is 5.69 Å². The summed E-state index contributed by atoms with van der Waals surface area (Å²) in [5, 5.41) is 0. The van der Waals surface area contributed by atoms with Crippen molar-refractivity contribution >= 4 is 26.7 Å². The van der Waals surface area contributed by atoms with E-state index in [0.717, 1.165) is 16.0 Å². The zero-order valence-electron chi connectivity index (χ0n) is 10.9. The number of imidazole rings is 1. The fourth-order valence-corrected chi connectivity index (χ4v) is 3.54. The highest BCUT2D eigenvalue weighted by Gasteiger charge is 2.20. The Balaban J connectivity index is 2.70. The van der Waals surface area contributed by atoms with Crippen molar-refractivity contribution in [3.8, 4) is 0 Å². The molecule has 2 aromatic rings. The maximum absolute atomic E-state index is 12.2. The van der Waals surface area contributed by atoms with Crippen LogP contribution in [0.15, 0.2) is 16.9 Å². The number of unbranched alkanes of at least 4 members (excludes halogenated alkanes) is 1. The van der Waals surface area contributed by atoms with Gasteiger partial charge in [-0.1, -0.05) is 13.3 Å². The number of anilines is 1. The van der Waals surface area contributed by atoms with E-state index in [9.17, 15) is 13.2 Å². The third kappa shape index (κ3) is 2.37. The van der Waals surface area contributed by atoms with Crippen molar-refractivity contribution in [2.24, 2.45) is 0 Å². The number of nitrogen functional groups attached to an aromatic ring is 1. The number of hydrogen-bond acceptors (Lipinski definition) is 4. The Morgan fingerprint density at radius 2 is 2.05 bits per heavy atom. The standard InChI is InChI=1S/C12H17N3O3S/c1-3-4-5-19(17,18)15-11-7-9(13)8(2)6-10(11)14-12(15)16/h6-7H,3-5,13H2,1-2H3,(H,14,16). The molecule has 19 heavy (non-hydrogen) atoms. The van der Waals surface area contributed by atoms with Crippen LogP contribution in [0.25, 0.3) is 11.0 Å². The van der Waals surface area contributed by atoms with Gasteiger partial charge in [-0.3, -0.25) is 0 Å². The van der Waals surface area contributed by atoms with Crippen molar-refractivity contribution in [3.63, 3.8) is 0 Å². The van der Waals surface area contributed by atoms with Gasteiger partial charge in [0.25, 0.3) is 0 Å². The average molecular weight is 283 g/mol. The Morgan fingerprint density at radius 1 is 1.37 bits per heavy atom. The van der Waals surface area contributed by atoms with E-state index in [1.807, 2.05) is 6.92 Å². The summed E-state index contributed by atoms with van der Waals surface area (Å²) in [7, 11) is -3.65. The number of nitrogens with one attached hydrogen (secondary N) is 1. The lowest BCUT2D eigenvalue weighted by molar-refractivity contribution is 0.583. The Labute approximate surface area is 111 Å². The Kier molecular flexibility index (Phi) is 3.40. The molecule has 0 amide bonds. The molecular weight excluding hydrogens is 266 g/mol. The number of fused-ring (bicyclic) bond motifs is 1. The molecule has 0 aliphatic heterocycles. The van der Waals surface area contributed by atoms with Gasteiger partial charge < -0.3 is 10.7 Å². The number of nitrogens with two attached hydrogens (primary N) is 1. The molecule has 0 bridgehead atoms. The van der Waals surface area contributed by atoms with Crippen molar-refractivity contribution in [1.29, 1.82) is 0 Å². The molecule has 0 fully saturated rings. The van der Waals surface area contributed by atoms with Crippen LogP contribution in [0, 0.1) is 6.92 Å². The Bertz CT molecular complexity index is 771. The minimum atomic E-state index is -3.65. The van der Waals surface area contributed by atoms with E-state index in [1.54, 1.807) is 13.0 Å². The quantitative estimate of drug-likeness (QED) is 0.824. The predicted molar refractivity (Wildman–Crippen MR) is 75.8 cm³/mol. The van der Waals surface area contributed by atoms with Gasteiger partial charge in [-0.15, -0.1) is 0 Å². The second kappa shape index (κ2) is 4.73. The van der Waals surface area contributed by atoms with Crippen LogP contribution in [0.3, 0.4) is 0 Å². The van der Waals surface area contributed by atoms with Crippen LogP contribution in [-0.2, 0) is 10.0 Å². The summed E-state index contributed by atoms with van der Waals surface area (Å²) < 4.78 is 25.2. The molecule has 3 N–H and O–H groups in total. The Hall–Kier alpha value is -1.76. The first-order valence-corrected chi connectivity index (χ1v) is 7.72. The zero-order valence-corrected chi connectivity index (χ0v) is 11.8. The van der Waals surface area contributed by atoms with Crippen molar-refractivity contribution in [1.82, 2.24) is 8.96 Å². The lowest BCUT2D eigenvalue weighted by Gasteiger charge is -2.06. The number of aromatic nitrogens is 2. The number of hydrogen-bond donors (Lipinski definition) is 2. The van der Waals surface area contributed by atoms with E-state index in [-0.39, 0.29) is 5.75 Å². The first-order chi connectivity index (χ1) is 8.86. The number of aromatic amines is 1. The van der Waals surface area contributed by atoms with E-state index >= 15 is 0 Å². The summed E-state index contributed by atoms with van der Waals surface area (Å²) in [5.74, 6) is -0.0514. The smallest absolute Gasteiger partial charge is 0.340 e. The molecule has 0 aliphatic carbocycles. The van der Waals surface area contributed by atoms with Gasteiger partial charge in [-0.05, 0) is 31.0 Å². The first-order valence-electron chi connectivity index (χ1n) is 6.11. The maximum Gasteiger partial charge on any atom is 0.340 e. The van der Waals surface area contributed by atoms with Crippen molar-refractivity contribution < 1.29 is 8.42 Å². The van der Waals surface area contributed by atoms with E-state index in [2.05, 4.69) is 4.98 Å². The second-order valence-electron chi connectivity index (χ2n) is 4.59. The maximum atomic E-state index is 12.2. The van der Waals surface area contributed by atoms with Crippen LogP contribution < -0.4 is 11.4 Å². The number of aryl methyl sites for hydroxylation is 1. The van der Waals surface area contributed by atoms with Crippen LogP contribution in [0.1, 0.15) is 25.3 Å². The predicted octanol–water partition coefficient (Wildman–Crippen LogP) is 1.20. The lowest BCUT2D eigenvalue weighted by atomic mass is 10.2. The third-order valence-corrected chi connectivity index (χ3v) is 4.79. The average Bonchev–Trinajstić information content (AvgIpc) is 2.63. The molecule has 1 heterocycles. The molecule has 0 saturated carbocycles. The highest BCUT2D eigenvalue weighted by Crippen LogP contribution is 2.20. The fraction of sp³-hybridized carbons (Fsp3) is 0.417. The normalized spacial score (nSPS) is 12.1. The monoisotopic (exact) mass is 283 g/mol. The minimum absolute atomic E-state index is 0.0514. The van der Waals surface area contributed by atoms with Crippen LogP contribution in [0.2, 0.25) is 0 Å². The van der Waals surface area contributed by atoms with Gasteiger partial charge in [-0.25, -0.2) is 13.2 Å². The van der Waals surface area contributed by atoms with Crippen LogP contribution in [-0.4, -0.2) is 23.1 Å². The molecular formula is C12H17N3O3S. The van der Waals surface area contributed by atoms with Gasteiger partial charge in [0.05, 0.1) is 16.8 Å². The van der Waals surface area contributed by atoms with Gasteiger partial charge in [0.2, 0.25) is 10.0 Å². The SMILES string of the molecule is CCCCS(=O)(=O)n1c(=O)[nH]c2cc(C)c(N)cc21. The molecule has 2 rings (SSSR count). The summed E-state index contributed by atoms with van der Waals surface area (Å²) in [6.07, 6.45) is 1.26. The minimum Gasteiger partial charge on any atom is -0.398 e. The van der Waals surface area contributed by atoms with Crippen molar-refractivity contribution in [2.45, 2.75) is 26.7 Å². The fourth-order valence-electron chi connectivity index (χ4n) is 1.95. The molecule has 0 aliphatic rings. The third-order valence-electron chi connectivity index (χ3n) is 3.06. The number of rotatable bonds is 4. The zero-order chi connectivity index (χ0) is 14.2. The largest absolute Gasteiger partial charge is 0.398 e. The molecule has 6 nitrogen and oxygen atoms in total. The summed E-state index contributed by atoms with van der Waals surface area (Å²) in [4.78, 5) is 14.4. The molecule has 0 spiro atoms. The van der Waals surface area contributed by atoms with Gasteiger partial charge in [0.1, 0.15) is 0 Å². The molecule has 1 aromatic carbocycles. The van der Waals surface area contributed by atoms with Crippen LogP contribution in [0.4, 0.5) is 5.69 Å². The lowest BCUT2D eigenvalue weighted by Crippen LogP contribution is -2.27. The topological polar surface area (TPSA) is 98.0 Å². The van der Waals surface area contributed by atoms with Crippen LogP contribution in [0.5, 0.6) is 0 Å². The van der Waals surface area contributed by atoms with Crippen molar-refractivity contribution in [2.75, 3.05) is 11.5 Å². The Morgan fingerprint density at radius 3 is 2.68 bits per heavy atom. The summed E-state index contributed by atoms with van der Waals surface area (Å²) >= 11 is 0. The molecule has 0 radical (unpaired) electrons. The molecule has 0 atom stereocenters. The van der Waals surface area contributed by atoms with E-state index in [4.69, 9.17) is 5.73 Å². The van der Waals surface area contributed by atoms with Crippen LogP contribution >= 0.6 is 0 Å². The number of H-pyrrole nitrogens is 1. The van der Waals surface area contributed by atoms with Gasteiger partial charge in [-0.2, -0.15) is 3.97 Å². The van der Waals surface area contributed by atoms with E-state index in [1.165, 1.54) is 6.07 Å². The molecule has 7 heteroatoms. The molecule has 1 aromatic heterocycles. The summed E-state index contributed by atoms with van der Waals surface area (Å²) in [6, 6.07) is 3.20. The molecule has 0 unspecified atom stereocenters. The van der Waals surface area contributed by atoms with Gasteiger partial charge in [0, 0.05) is 5.69 Å². The number of benzene rings is 1. The van der Waals surface area contributed by atoms with E-state index in [0.29, 0.717) is 23.1 Å². The summed E-state index contributed by atoms with van der Waals surface area (Å²) in [5.41, 5.74) is 7.20. The van der Waals surface area contributed by atoms with Gasteiger partial charge in [0.15, 0.2) is 0 Å².